The summed E-state index contributed by atoms with van der Waals surface area (Å²) in [5, 5.41) is 0. The second-order valence-electron chi connectivity index (χ2n) is 3.19. The second kappa shape index (κ2) is 7.06. The molecule has 94 valence electrons. The van der Waals surface area contributed by atoms with Crippen LogP contribution >= 0.6 is 11.8 Å². The smallest absolute Gasteiger partial charge is 0.306 e. The van der Waals surface area contributed by atoms with E-state index in [0.29, 0.717) is 23.7 Å². The topological polar surface area (TPSA) is 44.8 Å². The van der Waals surface area contributed by atoms with Gasteiger partial charge in [-0.1, -0.05) is 0 Å². The molecule has 0 atom stereocenters. The van der Waals surface area contributed by atoms with Crippen LogP contribution in [0.15, 0.2) is 23.1 Å². The third-order valence-electron chi connectivity index (χ3n) is 2.16. The molecule has 0 unspecified atom stereocenters. The van der Waals surface area contributed by atoms with E-state index < -0.39 is 0 Å². The van der Waals surface area contributed by atoms with Crippen LogP contribution in [0.2, 0.25) is 0 Å². The van der Waals surface area contributed by atoms with Gasteiger partial charge in [-0.15, -0.1) is 11.8 Å². The maximum absolute atomic E-state index is 10.9. The van der Waals surface area contributed by atoms with Crippen LogP contribution in [0.5, 0.6) is 11.5 Å². The van der Waals surface area contributed by atoms with E-state index in [9.17, 15) is 4.79 Å². The van der Waals surface area contributed by atoms with Crippen molar-refractivity contribution in [3.8, 4) is 11.5 Å². The van der Waals surface area contributed by atoms with Gasteiger partial charge in [-0.2, -0.15) is 0 Å². The summed E-state index contributed by atoms with van der Waals surface area (Å²) in [7, 11) is 4.59. The van der Waals surface area contributed by atoms with Gasteiger partial charge < -0.3 is 14.2 Å². The van der Waals surface area contributed by atoms with Crippen molar-refractivity contribution in [3.05, 3.63) is 18.2 Å². The zero-order valence-electron chi connectivity index (χ0n) is 10.2. The van der Waals surface area contributed by atoms with Crippen LogP contribution in [0.3, 0.4) is 0 Å². The molecular weight excluding hydrogens is 240 g/mol. The molecule has 0 aliphatic heterocycles. The van der Waals surface area contributed by atoms with E-state index in [2.05, 4.69) is 4.74 Å². The highest BCUT2D eigenvalue weighted by Gasteiger charge is 2.06. The molecule has 0 aliphatic carbocycles. The van der Waals surface area contributed by atoms with E-state index in [-0.39, 0.29) is 5.97 Å². The molecule has 0 bridgehead atoms. The van der Waals surface area contributed by atoms with Crippen molar-refractivity contribution in [1.29, 1.82) is 0 Å². The average Bonchev–Trinajstić information content (AvgIpc) is 2.38. The summed E-state index contributed by atoms with van der Waals surface area (Å²) in [6.45, 7) is 0. The Balaban J connectivity index is 2.57. The van der Waals surface area contributed by atoms with Crippen LogP contribution in [-0.4, -0.2) is 33.1 Å². The minimum atomic E-state index is -0.196. The molecule has 5 heteroatoms. The Bertz CT molecular complexity index is 379. The van der Waals surface area contributed by atoms with Gasteiger partial charge in [0.15, 0.2) is 11.5 Å². The molecule has 1 aromatic carbocycles. The number of hydrogen-bond donors (Lipinski definition) is 0. The van der Waals surface area contributed by atoms with Crippen molar-refractivity contribution in [2.75, 3.05) is 27.1 Å². The van der Waals surface area contributed by atoms with Gasteiger partial charge in [0.25, 0.3) is 0 Å². The first-order valence-corrected chi connectivity index (χ1v) is 6.11. The molecule has 0 amide bonds. The number of thioether (sulfide) groups is 1. The third kappa shape index (κ3) is 4.19. The molecule has 0 N–H and O–H groups in total. The van der Waals surface area contributed by atoms with Crippen LogP contribution in [0.4, 0.5) is 0 Å². The van der Waals surface area contributed by atoms with E-state index in [1.165, 1.54) is 7.11 Å². The molecule has 0 aromatic heterocycles. The number of rotatable bonds is 6. The lowest BCUT2D eigenvalue weighted by molar-refractivity contribution is -0.140. The minimum Gasteiger partial charge on any atom is -0.493 e. The van der Waals surface area contributed by atoms with Crippen molar-refractivity contribution < 1.29 is 19.0 Å². The lowest BCUT2D eigenvalue weighted by Crippen LogP contribution is -2.00. The normalized spacial score (nSPS) is 9.82. The highest BCUT2D eigenvalue weighted by molar-refractivity contribution is 7.99. The molecule has 0 fully saturated rings. The third-order valence-corrected chi connectivity index (χ3v) is 3.15. The van der Waals surface area contributed by atoms with Crippen LogP contribution < -0.4 is 9.47 Å². The van der Waals surface area contributed by atoms with Crippen LogP contribution in [0.1, 0.15) is 6.42 Å². The van der Waals surface area contributed by atoms with E-state index in [4.69, 9.17) is 9.47 Å². The Morgan fingerprint density at radius 2 is 1.88 bits per heavy atom. The van der Waals surface area contributed by atoms with Crippen molar-refractivity contribution in [3.63, 3.8) is 0 Å². The summed E-state index contributed by atoms with van der Waals surface area (Å²) in [6, 6.07) is 5.67. The molecule has 0 saturated carbocycles. The first kappa shape index (κ1) is 13.7. The fourth-order valence-electron chi connectivity index (χ4n) is 1.26. The summed E-state index contributed by atoms with van der Waals surface area (Å²) in [4.78, 5) is 12.0. The summed E-state index contributed by atoms with van der Waals surface area (Å²) in [5.74, 6) is 1.88. The molecule has 1 aromatic rings. The number of benzene rings is 1. The summed E-state index contributed by atoms with van der Waals surface area (Å²) >= 11 is 1.58. The Kier molecular flexibility index (Phi) is 5.69. The summed E-state index contributed by atoms with van der Waals surface area (Å²) in [6.07, 6.45) is 0.398. The molecule has 0 spiro atoms. The molecule has 0 aliphatic rings. The fourth-order valence-corrected chi connectivity index (χ4v) is 2.12. The number of hydrogen-bond acceptors (Lipinski definition) is 5. The van der Waals surface area contributed by atoms with Gasteiger partial charge in [0.2, 0.25) is 0 Å². The molecule has 1 rings (SSSR count). The van der Waals surface area contributed by atoms with Crippen LogP contribution in [-0.2, 0) is 9.53 Å². The van der Waals surface area contributed by atoms with Gasteiger partial charge in [-0.3, -0.25) is 4.79 Å². The number of carbonyl (C=O) groups excluding carboxylic acids is 1. The van der Waals surface area contributed by atoms with Crippen molar-refractivity contribution >= 4 is 17.7 Å². The van der Waals surface area contributed by atoms with Gasteiger partial charge in [0.1, 0.15) is 0 Å². The second-order valence-corrected chi connectivity index (χ2v) is 4.36. The lowest BCUT2D eigenvalue weighted by Gasteiger charge is -2.09. The molecule has 4 nitrogen and oxygen atoms in total. The monoisotopic (exact) mass is 256 g/mol. The Morgan fingerprint density at radius 1 is 1.18 bits per heavy atom. The zero-order chi connectivity index (χ0) is 12.7. The standard InChI is InChI=1S/C12H16O4S/c1-14-10-5-4-9(8-11(10)15-2)17-7-6-12(13)16-3/h4-5,8H,6-7H2,1-3H3. The number of esters is 1. The molecule has 0 saturated heterocycles. The van der Waals surface area contributed by atoms with Crippen LogP contribution in [0.25, 0.3) is 0 Å². The summed E-state index contributed by atoms with van der Waals surface area (Å²) in [5.41, 5.74) is 0. The highest BCUT2D eigenvalue weighted by atomic mass is 32.2. The predicted octanol–water partition coefficient (Wildman–Crippen LogP) is 2.36. The molecular formula is C12H16O4S. The van der Waals surface area contributed by atoms with E-state index in [1.54, 1.807) is 26.0 Å². The van der Waals surface area contributed by atoms with Crippen molar-refractivity contribution in [2.45, 2.75) is 11.3 Å². The number of methoxy groups -OCH3 is 3. The largest absolute Gasteiger partial charge is 0.493 e. The predicted molar refractivity (Wildman–Crippen MR) is 66.9 cm³/mol. The van der Waals surface area contributed by atoms with E-state index in [0.717, 1.165) is 4.90 Å². The van der Waals surface area contributed by atoms with Crippen LogP contribution in [0, 0.1) is 0 Å². The first-order chi connectivity index (χ1) is 8.21. The van der Waals surface area contributed by atoms with Crippen molar-refractivity contribution in [2.24, 2.45) is 0 Å². The quantitative estimate of drug-likeness (QED) is 0.577. The Hall–Kier alpha value is -1.36. The molecule has 17 heavy (non-hydrogen) atoms. The maximum Gasteiger partial charge on any atom is 0.306 e. The zero-order valence-corrected chi connectivity index (χ0v) is 11.0. The van der Waals surface area contributed by atoms with Gasteiger partial charge in [0, 0.05) is 10.6 Å². The molecule has 0 radical (unpaired) electrons. The van der Waals surface area contributed by atoms with Gasteiger partial charge in [-0.25, -0.2) is 0 Å². The minimum absolute atomic E-state index is 0.196. The first-order valence-electron chi connectivity index (χ1n) is 5.13. The molecule has 0 heterocycles. The summed E-state index contributed by atoms with van der Waals surface area (Å²) < 4.78 is 14.9. The maximum atomic E-state index is 10.9. The van der Waals surface area contributed by atoms with E-state index in [1.807, 2.05) is 18.2 Å². The number of carbonyl (C=O) groups is 1. The van der Waals surface area contributed by atoms with Gasteiger partial charge >= 0.3 is 5.97 Å². The number of ether oxygens (including phenoxy) is 3. The van der Waals surface area contributed by atoms with E-state index >= 15 is 0 Å². The highest BCUT2D eigenvalue weighted by Crippen LogP contribution is 2.31. The van der Waals surface area contributed by atoms with Crippen molar-refractivity contribution in [1.82, 2.24) is 0 Å². The Labute approximate surface area is 105 Å². The lowest BCUT2D eigenvalue weighted by atomic mass is 10.3. The SMILES string of the molecule is COC(=O)CCSc1ccc(OC)c(OC)c1. The fraction of sp³-hybridized carbons (Fsp3) is 0.417. The average molecular weight is 256 g/mol. The van der Waals surface area contributed by atoms with Gasteiger partial charge in [-0.05, 0) is 18.2 Å². The Morgan fingerprint density at radius 3 is 2.47 bits per heavy atom. The van der Waals surface area contributed by atoms with Gasteiger partial charge in [0.05, 0.1) is 27.8 Å².